The highest BCUT2D eigenvalue weighted by Crippen LogP contribution is 2.22. The van der Waals surface area contributed by atoms with Crippen molar-refractivity contribution in [1.82, 2.24) is 0 Å². The van der Waals surface area contributed by atoms with E-state index in [1.807, 2.05) is 0 Å². The van der Waals surface area contributed by atoms with Crippen molar-refractivity contribution in [3.8, 4) is 0 Å². The van der Waals surface area contributed by atoms with Crippen LogP contribution in [0.3, 0.4) is 0 Å². The van der Waals surface area contributed by atoms with Crippen LogP contribution in [0.25, 0.3) is 0 Å². The summed E-state index contributed by atoms with van der Waals surface area (Å²) in [6.07, 6.45) is 24.3. The van der Waals surface area contributed by atoms with E-state index in [1.54, 1.807) is 0 Å². The van der Waals surface area contributed by atoms with Crippen molar-refractivity contribution in [2.75, 3.05) is 66.1 Å². The SMILES string of the molecule is CCCCCCCCCCCCOCC(COCCCCCCCCCCCC)(COCCOS(=O)(=O)O)COCCOS(=O)(=O)O. The molecule has 0 aromatic heterocycles. The van der Waals surface area contributed by atoms with Crippen LogP contribution in [0.2, 0.25) is 0 Å². The van der Waals surface area contributed by atoms with Crippen LogP contribution < -0.4 is 0 Å². The van der Waals surface area contributed by atoms with Gasteiger partial charge in [-0.15, -0.1) is 0 Å². The molecule has 12 nitrogen and oxygen atoms in total. The van der Waals surface area contributed by atoms with Crippen LogP contribution in [0.4, 0.5) is 0 Å². The Morgan fingerprint density at radius 3 is 0.915 bits per heavy atom. The fourth-order valence-electron chi connectivity index (χ4n) is 5.18. The normalized spacial score (nSPS) is 12.7. The van der Waals surface area contributed by atoms with E-state index < -0.39 is 26.2 Å². The average Bonchev–Trinajstić information content (AvgIpc) is 3.00. The van der Waals surface area contributed by atoms with Gasteiger partial charge in [0.25, 0.3) is 0 Å². The molecule has 0 atom stereocenters. The van der Waals surface area contributed by atoms with Crippen LogP contribution in [-0.2, 0) is 48.1 Å². The Balaban J connectivity index is 4.86. The second-order valence-corrected chi connectivity index (χ2v) is 14.8. The molecule has 0 aliphatic rings. The summed E-state index contributed by atoms with van der Waals surface area (Å²) in [5.41, 5.74) is -0.785. The van der Waals surface area contributed by atoms with Gasteiger partial charge in [-0.05, 0) is 12.8 Å². The summed E-state index contributed by atoms with van der Waals surface area (Å²) in [5, 5.41) is 0. The van der Waals surface area contributed by atoms with E-state index in [2.05, 4.69) is 22.2 Å². The Hall–Kier alpha value is -0.420. The minimum atomic E-state index is -4.58. The minimum Gasteiger partial charge on any atom is -0.381 e. The first kappa shape index (κ1) is 46.6. The standard InChI is InChI=1S/C33H68O12S2/c1-3-5-7-9-11-13-15-17-19-21-23-40-29-33(31-42-25-27-44-46(34,35)36,32-43-26-28-45-47(37,38)39)30-41-24-22-20-18-16-14-12-10-8-6-4-2/h3-32H2,1-2H3,(H,34,35,36)(H,37,38,39). The number of ether oxygens (including phenoxy) is 4. The lowest BCUT2D eigenvalue weighted by molar-refractivity contribution is -0.111. The number of hydrogen-bond donors (Lipinski definition) is 2. The summed E-state index contributed by atoms with van der Waals surface area (Å²) in [7, 11) is -9.16. The van der Waals surface area contributed by atoms with E-state index in [4.69, 9.17) is 28.1 Å². The zero-order valence-electron chi connectivity index (χ0n) is 29.5. The van der Waals surface area contributed by atoms with Gasteiger partial charge in [0.15, 0.2) is 0 Å². The second kappa shape index (κ2) is 31.6. The van der Waals surface area contributed by atoms with E-state index in [9.17, 15) is 16.8 Å². The van der Waals surface area contributed by atoms with Crippen molar-refractivity contribution in [3.63, 3.8) is 0 Å². The van der Waals surface area contributed by atoms with E-state index >= 15 is 0 Å². The van der Waals surface area contributed by atoms with Gasteiger partial charge in [0, 0.05) is 13.2 Å². The highest BCUT2D eigenvalue weighted by atomic mass is 32.3. The van der Waals surface area contributed by atoms with E-state index in [1.165, 1.54) is 89.9 Å². The summed E-state index contributed by atoms with van der Waals surface area (Å²) in [5.74, 6) is 0. The summed E-state index contributed by atoms with van der Waals surface area (Å²) in [6, 6.07) is 0. The largest absolute Gasteiger partial charge is 0.397 e. The van der Waals surface area contributed by atoms with E-state index in [0.717, 1.165) is 38.5 Å². The molecule has 0 aliphatic carbocycles. The van der Waals surface area contributed by atoms with Crippen LogP contribution in [0, 0.1) is 5.41 Å². The Labute approximate surface area is 287 Å². The van der Waals surface area contributed by atoms with Crippen molar-refractivity contribution >= 4 is 20.8 Å². The molecule has 0 radical (unpaired) electrons. The predicted octanol–water partition coefficient (Wildman–Crippen LogP) is 7.52. The summed E-state index contributed by atoms with van der Waals surface area (Å²) in [6.45, 7) is 5.24. The molecule has 2 N–H and O–H groups in total. The van der Waals surface area contributed by atoms with Gasteiger partial charge in [-0.2, -0.15) is 16.8 Å². The molecule has 0 unspecified atom stereocenters. The fourth-order valence-corrected chi connectivity index (χ4v) is 5.74. The Bertz CT molecular complexity index is 812. The molecule has 284 valence electrons. The third kappa shape index (κ3) is 35.2. The lowest BCUT2D eigenvalue weighted by Gasteiger charge is -2.33. The molecule has 0 aliphatic heterocycles. The Morgan fingerprint density at radius 1 is 0.383 bits per heavy atom. The van der Waals surface area contributed by atoms with Gasteiger partial charge >= 0.3 is 20.8 Å². The summed E-state index contributed by atoms with van der Waals surface area (Å²) >= 11 is 0. The van der Waals surface area contributed by atoms with Crippen molar-refractivity contribution in [2.45, 2.75) is 142 Å². The van der Waals surface area contributed by atoms with Crippen LogP contribution in [0.1, 0.15) is 142 Å². The molecular weight excluding hydrogens is 652 g/mol. The maximum Gasteiger partial charge on any atom is 0.397 e. The molecule has 0 heterocycles. The molecule has 0 amide bonds. The topological polar surface area (TPSA) is 164 Å². The number of hydrogen-bond acceptors (Lipinski definition) is 10. The molecule has 0 aromatic rings. The van der Waals surface area contributed by atoms with E-state index in [-0.39, 0.29) is 52.9 Å². The molecule has 0 aromatic carbocycles. The van der Waals surface area contributed by atoms with Crippen LogP contribution in [0.15, 0.2) is 0 Å². The van der Waals surface area contributed by atoms with Gasteiger partial charge in [0.1, 0.15) is 0 Å². The minimum absolute atomic E-state index is 0.0804. The van der Waals surface area contributed by atoms with Crippen molar-refractivity contribution in [2.24, 2.45) is 5.41 Å². The highest BCUT2D eigenvalue weighted by Gasteiger charge is 2.32. The maximum absolute atomic E-state index is 10.9. The van der Waals surface area contributed by atoms with Crippen molar-refractivity contribution < 1.29 is 53.3 Å². The van der Waals surface area contributed by atoms with Gasteiger partial charge in [0.2, 0.25) is 0 Å². The first-order valence-electron chi connectivity index (χ1n) is 18.1. The van der Waals surface area contributed by atoms with Crippen LogP contribution in [0.5, 0.6) is 0 Å². The first-order chi connectivity index (χ1) is 22.5. The predicted molar refractivity (Wildman–Crippen MR) is 184 cm³/mol. The molecule has 0 spiro atoms. The molecule has 0 bridgehead atoms. The zero-order valence-corrected chi connectivity index (χ0v) is 31.1. The van der Waals surface area contributed by atoms with Crippen LogP contribution in [-0.4, -0.2) is 92.0 Å². The van der Waals surface area contributed by atoms with Gasteiger partial charge < -0.3 is 18.9 Å². The average molecular weight is 721 g/mol. The van der Waals surface area contributed by atoms with Gasteiger partial charge in [-0.3, -0.25) is 9.11 Å². The number of rotatable bonds is 38. The zero-order chi connectivity index (χ0) is 35.0. The van der Waals surface area contributed by atoms with Gasteiger partial charge in [-0.25, -0.2) is 8.37 Å². The quantitative estimate of drug-likeness (QED) is 0.0477. The fraction of sp³-hybridized carbons (Fsp3) is 1.00. The van der Waals surface area contributed by atoms with Gasteiger partial charge in [-0.1, -0.05) is 129 Å². The smallest absolute Gasteiger partial charge is 0.381 e. The first-order valence-corrected chi connectivity index (χ1v) is 20.8. The Kier molecular flexibility index (Phi) is 31.3. The molecule has 0 saturated heterocycles. The van der Waals surface area contributed by atoms with Crippen molar-refractivity contribution in [3.05, 3.63) is 0 Å². The monoisotopic (exact) mass is 720 g/mol. The second-order valence-electron chi connectivity index (χ2n) is 12.6. The van der Waals surface area contributed by atoms with Gasteiger partial charge in [0.05, 0.1) is 58.3 Å². The molecule has 47 heavy (non-hydrogen) atoms. The van der Waals surface area contributed by atoms with E-state index in [0.29, 0.717) is 13.2 Å². The van der Waals surface area contributed by atoms with Crippen LogP contribution >= 0.6 is 0 Å². The summed E-state index contributed by atoms with van der Waals surface area (Å²) in [4.78, 5) is 0. The highest BCUT2D eigenvalue weighted by molar-refractivity contribution is 7.81. The lowest BCUT2D eigenvalue weighted by Crippen LogP contribution is -2.42. The van der Waals surface area contributed by atoms with Crippen molar-refractivity contribution in [1.29, 1.82) is 0 Å². The number of unbranched alkanes of at least 4 members (excludes halogenated alkanes) is 18. The lowest BCUT2D eigenvalue weighted by atomic mass is 9.92. The molecular formula is C33H68O12S2. The summed E-state index contributed by atoms with van der Waals surface area (Å²) < 4.78 is 93.5. The Morgan fingerprint density at radius 2 is 0.638 bits per heavy atom. The third-order valence-electron chi connectivity index (χ3n) is 7.84. The molecule has 0 saturated carbocycles. The molecule has 0 rings (SSSR count). The molecule has 14 heteroatoms. The third-order valence-corrected chi connectivity index (χ3v) is 8.77. The maximum atomic E-state index is 10.9. The molecule has 0 fully saturated rings.